The Bertz CT molecular complexity index is 954. The van der Waals surface area contributed by atoms with E-state index in [1.807, 2.05) is 4.90 Å². The molecule has 30 heavy (non-hydrogen) atoms. The Balaban J connectivity index is 1.52. The van der Waals surface area contributed by atoms with E-state index in [1.54, 1.807) is 0 Å². The second-order valence-electron chi connectivity index (χ2n) is 7.07. The van der Waals surface area contributed by atoms with Crippen LogP contribution in [0, 0.1) is 5.92 Å². The molecule has 0 saturated carbocycles. The molecule has 1 saturated heterocycles. The van der Waals surface area contributed by atoms with E-state index < -0.39 is 17.6 Å². The molecule has 0 bridgehead atoms. The number of halogens is 4. The maximum atomic E-state index is 12.8. The number of hydrogen-bond acceptors (Lipinski definition) is 6. The zero-order valence-electron chi connectivity index (χ0n) is 15.7. The quantitative estimate of drug-likeness (QED) is 0.667. The van der Waals surface area contributed by atoms with Crippen molar-refractivity contribution < 1.29 is 22.8 Å². The van der Waals surface area contributed by atoms with Crippen LogP contribution in [0.3, 0.4) is 0 Å². The molecule has 0 aliphatic carbocycles. The average molecular weight is 442 g/mol. The summed E-state index contributed by atoms with van der Waals surface area (Å²) in [4.78, 5) is 34.1. The summed E-state index contributed by atoms with van der Waals surface area (Å²) in [5, 5.41) is 2.51. The van der Waals surface area contributed by atoms with Gasteiger partial charge in [-0.3, -0.25) is 14.5 Å². The van der Waals surface area contributed by atoms with Gasteiger partial charge in [-0.25, -0.2) is 9.97 Å². The summed E-state index contributed by atoms with van der Waals surface area (Å²) in [6, 6.07) is 4.46. The summed E-state index contributed by atoms with van der Waals surface area (Å²) < 4.78 is 38.3. The van der Waals surface area contributed by atoms with Gasteiger partial charge in [0, 0.05) is 18.7 Å². The molecule has 1 aromatic carbocycles. The number of rotatable bonds is 6. The van der Waals surface area contributed by atoms with Gasteiger partial charge in [0.1, 0.15) is 22.9 Å². The highest BCUT2D eigenvalue weighted by Gasteiger charge is 2.31. The first-order chi connectivity index (χ1) is 14.1. The minimum atomic E-state index is -4.48. The lowest BCUT2D eigenvalue weighted by molar-refractivity contribution is -0.137. The van der Waals surface area contributed by atoms with Crippen LogP contribution in [0.2, 0.25) is 5.02 Å². The number of amides is 1. The van der Waals surface area contributed by atoms with E-state index in [2.05, 4.69) is 15.3 Å². The van der Waals surface area contributed by atoms with Crippen LogP contribution in [0.25, 0.3) is 0 Å². The Morgan fingerprint density at radius 3 is 2.80 bits per heavy atom. The van der Waals surface area contributed by atoms with E-state index >= 15 is 0 Å². The van der Waals surface area contributed by atoms with Crippen molar-refractivity contribution in [3.63, 3.8) is 0 Å². The van der Waals surface area contributed by atoms with Gasteiger partial charge in [-0.1, -0.05) is 17.7 Å². The normalized spacial score (nSPS) is 17.1. The standard InChI is InChI=1S/C19H19ClF3N5O2/c20-16-17(25-10-26-18(16)24)14(29)6-11-4-5-28(8-11)9-15(30)27-13-3-1-2-12(7-13)19(21,22)23/h1-3,7,10-11H,4-6,8-9H2,(H,27,30)(H2,24,25,26). The third-order valence-electron chi connectivity index (χ3n) is 4.77. The van der Waals surface area contributed by atoms with E-state index in [4.69, 9.17) is 17.3 Å². The lowest BCUT2D eigenvalue weighted by Gasteiger charge is -2.16. The fourth-order valence-corrected chi connectivity index (χ4v) is 3.54. The number of Topliss-reactive ketones (excluding diaryl/α,β-unsaturated/α-hetero) is 1. The van der Waals surface area contributed by atoms with Crippen LogP contribution in [-0.4, -0.2) is 46.2 Å². The van der Waals surface area contributed by atoms with Crippen LogP contribution in [0.15, 0.2) is 30.6 Å². The summed E-state index contributed by atoms with van der Waals surface area (Å²) >= 11 is 5.98. The molecule has 0 spiro atoms. The van der Waals surface area contributed by atoms with Gasteiger partial charge in [0.2, 0.25) is 5.91 Å². The molecule has 2 heterocycles. The highest BCUT2D eigenvalue weighted by molar-refractivity contribution is 6.35. The first kappa shape index (κ1) is 22.0. The predicted molar refractivity (Wildman–Crippen MR) is 105 cm³/mol. The number of carbonyl (C=O) groups excluding carboxylic acids is 2. The number of benzene rings is 1. The molecule has 11 heteroatoms. The molecule has 1 unspecified atom stereocenters. The molecule has 3 rings (SSSR count). The third kappa shape index (κ3) is 5.45. The third-order valence-corrected chi connectivity index (χ3v) is 5.14. The summed E-state index contributed by atoms with van der Waals surface area (Å²) in [7, 11) is 0. The summed E-state index contributed by atoms with van der Waals surface area (Å²) in [5.74, 6) is -0.636. The number of aromatic nitrogens is 2. The van der Waals surface area contributed by atoms with Crippen LogP contribution in [-0.2, 0) is 11.0 Å². The molecule has 0 radical (unpaired) electrons. The molecule has 1 fully saturated rings. The number of ketones is 1. The smallest absolute Gasteiger partial charge is 0.382 e. The van der Waals surface area contributed by atoms with Crippen LogP contribution in [0.4, 0.5) is 24.7 Å². The number of nitrogens with zero attached hydrogens (tertiary/aromatic N) is 3. The monoisotopic (exact) mass is 441 g/mol. The molecule has 160 valence electrons. The van der Waals surface area contributed by atoms with E-state index in [0.717, 1.165) is 12.1 Å². The van der Waals surface area contributed by atoms with Crippen molar-refractivity contribution in [3.8, 4) is 0 Å². The van der Waals surface area contributed by atoms with Crippen molar-refractivity contribution in [1.82, 2.24) is 14.9 Å². The Labute approximate surface area is 175 Å². The molecule has 1 aliphatic heterocycles. The van der Waals surface area contributed by atoms with E-state index in [0.29, 0.717) is 19.5 Å². The number of alkyl halides is 3. The predicted octanol–water partition coefficient (Wildman–Crippen LogP) is 3.26. The summed E-state index contributed by atoms with van der Waals surface area (Å²) in [6.07, 6.45) is -2.41. The number of nitrogen functional groups attached to an aromatic ring is 1. The van der Waals surface area contributed by atoms with E-state index in [9.17, 15) is 22.8 Å². The molecule has 1 aliphatic rings. The maximum Gasteiger partial charge on any atom is 0.416 e. The number of hydrogen-bond donors (Lipinski definition) is 2. The molecule has 1 atom stereocenters. The second-order valence-corrected chi connectivity index (χ2v) is 7.44. The molecule has 1 amide bonds. The van der Waals surface area contributed by atoms with E-state index in [-0.39, 0.29) is 46.9 Å². The van der Waals surface area contributed by atoms with Crippen LogP contribution in [0.1, 0.15) is 28.9 Å². The van der Waals surface area contributed by atoms with Crippen molar-refractivity contribution in [2.45, 2.75) is 19.0 Å². The first-order valence-corrected chi connectivity index (χ1v) is 9.50. The molecule has 1 aromatic heterocycles. The van der Waals surface area contributed by atoms with Crippen molar-refractivity contribution >= 4 is 34.8 Å². The Hall–Kier alpha value is -2.72. The van der Waals surface area contributed by atoms with Gasteiger partial charge in [0.25, 0.3) is 0 Å². The van der Waals surface area contributed by atoms with Crippen molar-refractivity contribution in [2.75, 3.05) is 30.7 Å². The van der Waals surface area contributed by atoms with E-state index in [1.165, 1.54) is 18.5 Å². The fraction of sp³-hybridized carbons (Fsp3) is 0.368. The Kier molecular flexibility index (Phi) is 6.57. The van der Waals surface area contributed by atoms with Crippen molar-refractivity contribution in [3.05, 3.63) is 46.9 Å². The number of carbonyl (C=O) groups is 2. The fourth-order valence-electron chi connectivity index (χ4n) is 3.34. The lowest BCUT2D eigenvalue weighted by atomic mass is 10.00. The molecule has 3 N–H and O–H groups in total. The number of likely N-dealkylation sites (tertiary alicyclic amines) is 1. The summed E-state index contributed by atoms with van der Waals surface area (Å²) in [5.41, 5.74) is 4.91. The largest absolute Gasteiger partial charge is 0.416 e. The van der Waals surface area contributed by atoms with Crippen molar-refractivity contribution in [1.29, 1.82) is 0 Å². The van der Waals surface area contributed by atoms with Gasteiger partial charge >= 0.3 is 6.18 Å². The Morgan fingerprint density at radius 2 is 2.07 bits per heavy atom. The van der Waals surface area contributed by atoms with Gasteiger partial charge < -0.3 is 11.1 Å². The van der Waals surface area contributed by atoms with Gasteiger partial charge in [-0.2, -0.15) is 13.2 Å². The van der Waals surface area contributed by atoms with Crippen LogP contribution >= 0.6 is 11.6 Å². The highest BCUT2D eigenvalue weighted by atomic mass is 35.5. The second kappa shape index (κ2) is 8.97. The van der Waals surface area contributed by atoms with Gasteiger partial charge in [-0.15, -0.1) is 0 Å². The maximum absolute atomic E-state index is 12.8. The molecule has 2 aromatic rings. The van der Waals surface area contributed by atoms with Gasteiger partial charge in [0.05, 0.1) is 12.1 Å². The summed E-state index contributed by atoms with van der Waals surface area (Å²) in [6.45, 7) is 1.11. The average Bonchev–Trinajstić information content (AvgIpc) is 3.10. The van der Waals surface area contributed by atoms with Crippen LogP contribution in [0.5, 0.6) is 0 Å². The SMILES string of the molecule is Nc1ncnc(C(=O)CC2CCN(CC(=O)Nc3cccc(C(F)(F)F)c3)C2)c1Cl. The first-order valence-electron chi connectivity index (χ1n) is 9.12. The minimum Gasteiger partial charge on any atom is -0.382 e. The number of anilines is 2. The number of nitrogens with one attached hydrogen (secondary N) is 1. The van der Waals surface area contributed by atoms with Gasteiger partial charge in [0.15, 0.2) is 5.78 Å². The molecular formula is C19H19ClF3N5O2. The molecular weight excluding hydrogens is 423 g/mol. The highest BCUT2D eigenvalue weighted by Crippen LogP contribution is 2.30. The zero-order valence-corrected chi connectivity index (χ0v) is 16.5. The van der Waals surface area contributed by atoms with Gasteiger partial charge in [-0.05, 0) is 37.1 Å². The van der Waals surface area contributed by atoms with Crippen LogP contribution < -0.4 is 11.1 Å². The zero-order chi connectivity index (χ0) is 21.9. The lowest BCUT2D eigenvalue weighted by Crippen LogP contribution is -2.31. The number of nitrogens with two attached hydrogens (primary N) is 1. The Morgan fingerprint density at radius 1 is 1.30 bits per heavy atom. The van der Waals surface area contributed by atoms with Crippen molar-refractivity contribution in [2.24, 2.45) is 5.92 Å². The minimum absolute atomic E-state index is 0.00566. The topological polar surface area (TPSA) is 101 Å². The molecule has 7 nitrogen and oxygen atoms in total.